The molecule has 52 valence electrons. The molecule has 0 saturated carbocycles. The fraction of sp³-hybridized carbons (Fsp3) is 1.00. The SMILES string of the molecule is OC[C@@H](O)[C@@H](O)CO.[NaH]. The fourth-order valence-electron chi connectivity index (χ4n) is 0.243. The van der Waals surface area contributed by atoms with Crippen molar-refractivity contribution < 1.29 is 20.4 Å². The van der Waals surface area contributed by atoms with Crippen molar-refractivity contribution in [1.82, 2.24) is 0 Å². The molecule has 0 saturated heterocycles. The summed E-state index contributed by atoms with van der Waals surface area (Å²) in [6.45, 7) is -1.05. The Kier molecular flexibility index (Phi) is 9.67. The van der Waals surface area contributed by atoms with Gasteiger partial charge in [0.15, 0.2) is 0 Å². The molecule has 0 bridgehead atoms. The van der Waals surface area contributed by atoms with E-state index < -0.39 is 25.4 Å². The van der Waals surface area contributed by atoms with E-state index in [1.165, 1.54) is 0 Å². The molecule has 0 spiro atoms. The molecule has 0 aromatic heterocycles. The van der Waals surface area contributed by atoms with Gasteiger partial charge in [0.2, 0.25) is 0 Å². The van der Waals surface area contributed by atoms with Gasteiger partial charge in [-0.3, -0.25) is 0 Å². The summed E-state index contributed by atoms with van der Waals surface area (Å²) in [7, 11) is 0. The monoisotopic (exact) mass is 146 g/mol. The van der Waals surface area contributed by atoms with Gasteiger partial charge in [0.1, 0.15) is 12.2 Å². The third-order valence-electron chi connectivity index (χ3n) is 0.818. The van der Waals surface area contributed by atoms with E-state index in [0.717, 1.165) is 0 Å². The van der Waals surface area contributed by atoms with Gasteiger partial charge in [-0.15, -0.1) is 0 Å². The van der Waals surface area contributed by atoms with Crippen LogP contribution in [0.1, 0.15) is 0 Å². The number of rotatable bonds is 3. The second kappa shape index (κ2) is 6.95. The predicted octanol–water partition coefficient (Wildman–Crippen LogP) is -2.96. The first-order valence-corrected chi connectivity index (χ1v) is 2.30. The molecule has 4 nitrogen and oxygen atoms in total. The fourth-order valence-corrected chi connectivity index (χ4v) is 0.243. The van der Waals surface area contributed by atoms with Crippen LogP contribution in [-0.4, -0.2) is 75.4 Å². The van der Waals surface area contributed by atoms with Crippen molar-refractivity contribution in [3.8, 4) is 0 Å². The maximum absolute atomic E-state index is 8.47. The number of aliphatic hydroxyl groups excluding tert-OH is 4. The third-order valence-corrected chi connectivity index (χ3v) is 0.818. The van der Waals surface area contributed by atoms with E-state index in [-0.39, 0.29) is 29.6 Å². The van der Waals surface area contributed by atoms with Gasteiger partial charge >= 0.3 is 29.6 Å². The summed E-state index contributed by atoms with van der Waals surface area (Å²) in [4.78, 5) is 0. The molecule has 0 amide bonds. The Balaban J connectivity index is 0. The zero-order valence-corrected chi connectivity index (χ0v) is 4.36. The van der Waals surface area contributed by atoms with Gasteiger partial charge in [0, 0.05) is 0 Å². The predicted molar refractivity (Wildman–Crippen MR) is 33.3 cm³/mol. The molecule has 5 heteroatoms. The van der Waals surface area contributed by atoms with Crippen LogP contribution in [0.3, 0.4) is 0 Å². The standard InChI is InChI=1S/C4H10O4.Na.H/c5-1-3(7)4(8)2-6;;/h3-8H,1-2H2;;/t3-,4+;;. The van der Waals surface area contributed by atoms with E-state index in [1.54, 1.807) is 0 Å². The van der Waals surface area contributed by atoms with E-state index in [4.69, 9.17) is 20.4 Å². The van der Waals surface area contributed by atoms with Gasteiger partial charge in [-0.05, 0) is 0 Å². The van der Waals surface area contributed by atoms with E-state index in [0.29, 0.717) is 0 Å². The third kappa shape index (κ3) is 5.29. The van der Waals surface area contributed by atoms with Gasteiger partial charge in [-0.2, -0.15) is 0 Å². The van der Waals surface area contributed by atoms with Crippen molar-refractivity contribution in [3.05, 3.63) is 0 Å². The van der Waals surface area contributed by atoms with Gasteiger partial charge in [0.05, 0.1) is 13.2 Å². The summed E-state index contributed by atoms with van der Waals surface area (Å²) in [5, 5.41) is 33.2. The summed E-state index contributed by atoms with van der Waals surface area (Å²) in [6.07, 6.45) is -2.44. The van der Waals surface area contributed by atoms with Crippen molar-refractivity contribution in [1.29, 1.82) is 0 Å². The summed E-state index contributed by atoms with van der Waals surface area (Å²) in [5.74, 6) is 0. The van der Waals surface area contributed by atoms with Gasteiger partial charge in [-0.1, -0.05) is 0 Å². The first kappa shape index (κ1) is 12.5. The van der Waals surface area contributed by atoms with E-state index in [1.807, 2.05) is 0 Å². The van der Waals surface area contributed by atoms with Gasteiger partial charge < -0.3 is 20.4 Å². The topological polar surface area (TPSA) is 80.9 Å². The van der Waals surface area contributed by atoms with Crippen LogP contribution in [0.25, 0.3) is 0 Å². The van der Waals surface area contributed by atoms with Crippen molar-refractivity contribution in [2.45, 2.75) is 12.2 Å². The summed E-state index contributed by atoms with van der Waals surface area (Å²) < 4.78 is 0. The van der Waals surface area contributed by atoms with Gasteiger partial charge in [-0.25, -0.2) is 0 Å². The van der Waals surface area contributed by atoms with Crippen LogP contribution in [-0.2, 0) is 0 Å². The van der Waals surface area contributed by atoms with Crippen LogP contribution in [0.15, 0.2) is 0 Å². The quantitative estimate of drug-likeness (QED) is 0.321. The van der Waals surface area contributed by atoms with Crippen LogP contribution in [0.5, 0.6) is 0 Å². The summed E-state index contributed by atoms with van der Waals surface area (Å²) in [5.41, 5.74) is 0. The molecule has 0 heterocycles. The average Bonchev–Trinajstić information content (AvgIpc) is 1.84. The maximum atomic E-state index is 8.47. The Labute approximate surface area is 75.4 Å². The van der Waals surface area contributed by atoms with E-state index in [9.17, 15) is 0 Å². The minimum atomic E-state index is -1.22. The molecule has 4 N–H and O–H groups in total. The zero-order chi connectivity index (χ0) is 6.57. The molecule has 0 rings (SSSR count). The number of aliphatic hydroxyl groups is 4. The van der Waals surface area contributed by atoms with Crippen LogP contribution in [0, 0.1) is 0 Å². The van der Waals surface area contributed by atoms with Crippen LogP contribution < -0.4 is 0 Å². The summed E-state index contributed by atoms with van der Waals surface area (Å²) >= 11 is 0. The molecule has 2 atom stereocenters. The van der Waals surface area contributed by atoms with Crippen molar-refractivity contribution in [3.63, 3.8) is 0 Å². The van der Waals surface area contributed by atoms with Crippen molar-refractivity contribution >= 4 is 29.6 Å². The molecule has 0 aromatic carbocycles. The summed E-state index contributed by atoms with van der Waals surface area (Å²) in [6, 6.07) is 0. The molecule has 9 heavy (non-hydrogen) atoms. The molecular weight excluding hydrogens is 135 g/mol. The molecule has 0 radical (unpaired) electrons. The Morgan fingerprint density at radius 1 is 0.889 bits per heavy atom. The van der Waals surface area contributed by atoms with Crippen LogP contribution in [0.4, 0.5) is 0 Å². The molecule has 0 aliphatic carbocycles. The zero-order valence-electron chi connectivity index (χ0n) is 4.36. The van der Waals surface area contributed by atoms with Gasteiger partial charge in [0.25, 0.3) is 0 Å². The average molecular weight is 146 g/mol. The first-order valence-electron chi connectivity index (χ1n) is 2.30. The minimum absolute atomic E-state index is 0. The van der Waals surface area contributed by atoms with Crippen LogP contribution in [0.2, 0.25) is 0 Å². The number of hydrogen-bond acceptors (Lipinski definition) is 4. The molecule has 0 aliphatic rings. The molecule has 0 aliphatic heterocycles. The Hall–Kier alpha value is 0.840. The normalized spacial score (nSPS) is 16.0. The molecule has 0 fully saturated rings. The molecule has 0 aromatic rings. The molecule has 0 unspecified atom stereocenters. The van der Waals surface area contributed by atoms with E-state index >= 15 is 0 Å². The van der Waals surface area contributed by atoms with Crippen molar-refractivity contribution in [2.75, 3.05) is 13.2 Å². The second-order valence-electron chi connectivity index (χ2n) is 1.50. The second-order valence-corrected chi connectivity index (χ2v) is 1.50. The van der Waals surface area contributed by atoms with E-state index in [2.05, 4.69) is 0 Å². The van der Waals surface area contributed by atoms with Crippen LogP contribution >= 0.6 is 0 Å². The molecular formula is C4H11NaO4. The Morgan fingerprint density at radius 2 is 1.11 bits per heavy atom. The Bertz CT molecular complexity index is 52.5. The Morgan fingerprint density at radius 3 is 1.22 bits per heavy atom. The number of hydrogen-bond donors (Lipinski definition) is 4. The first-order chi connectivity index (χ1) is 3.72. The van der Waals surface area contributed by atoms with Crippen molar-refractivity contribution in [2.24, 2.45) is 0 Å².